The molecule has 2 rings (SSSR count). The second-order valence-electron chi connectivity index (χ2n) is 4.76. The number of nitrogens with zero attached hydrogens (tertiary/aromatic N) is 2. The lowest BCUT2D eigenvalue weighted by atomic mass is 9.73. The molecule has 0 bridgehead atoms. The first-order chi connectivity index (χ1) is 10.1. The molecule has 106 valence electrons. The summed E-state index contributed by atoms with van der Waals surface area (Å²) in [5, 5.41) is 19.5. The van der Waals surface area contributed by atoms with Gasteiger partial charge in [0.2, 0.25) is 0 Å². The molecule has 0 radical (unpaired) electrons. The summed E-state index contributed by atoms with van der Waals surface area (Å²) >= 11 is 5.87. The lowest BCUT2D eigenvalue weighted by molar-refractivity contribution is -0.138. The van der Waals surface area contributed by atoms with Crippen molar-refractivity contribution in [3.8, 4) is 12.1 Å². The number of carbonyl (C=O) groups excluding carboxylic acids is 1. The highest BCUT2D eigenvalue weighted by Crippen LogP contribution is 2.49. The molecular formula is C16H13ClN2O2. The molecular weight excluding hydrogens is 288 g/mol. The van der Waals surface area contributed by atoms with E-state index in [0.717, 1.165) is 0 Å². The van der Waals surface area contributed by atoms with Crippen molar-refractivity contribution < 1.29 is 9.53 Å². The highest BCUT2D eigenvalue weighted by Gasteiger charge is 2.48. The Bertz CT molecular complexity index is 651. The van der Waals surface area contributed by atoms with Gasteiger partial charge in [0.1, 0.15) is 0 Å². The van der Waals surface area contributed by atoms with Crippen LogP contribution in [0.5, 0.6) is 0 Å². The molecule has 0 unspecified atom stereocenters. The Kier molecular flexibility index (Phi) is 4.31. The van der Waals surface area contributed by atoms with E-state index in [9.17, 15) is 15.3 Å². The third-order valence-corrected chi connectivity index (χ3v) is 3.81. The molecule has 21 heavy (non-hydrogen) atoms. The van der Waals surface area contributed by atoms with Gasteiger partial charge in [0, 0.05) is 16.5 Å². The number of hydrogen-bond donors (Lipinski definition) is 0. The van der Waals surface area contributed by atoms with Gasteiger partial charge in [-0.05, 0) is 31.0 Å². The van der Waals surface area contributed by atoms with Gasteiger partial charge in [0.15, 0.2) is 5.41 Å². The molecule has 0 spiro atoms. The third-order valence-electron chi connectivity index (χ3n) is 3.56. The summed E-state index contributed by atoms with van der Waals surface area (Å²) < 4.78 is 5.03. The highest BCUT2D eigenvalue weighted by atomic mass is 35.5. The largest absolute Gasteiger partial charge is 0.463 e. The number of allylic oxidation sites excluding steroid dienone is 1. The quantitative estimate of drug-likeness (QED) is 0.802. The smallest absolute Gasteiger partial charge is 0.334 e. The Labute approximate surface area is 128 Å². The van der Waals surface area contributed by atoms with Crippen LogP contribution < -0.4 is 0 Å². The predicted octanol–water partition coefficient (Wildman–Crippen LogP) is 3.35. The van der Waals surface area contributed by atoms with Gasteiger partial charge >= 0.3 is 5.97 Å². The van der Waals surface area contributed by atoms with E-state index in [2.05, 4.69) is 12.1 Å². The van der Waals surface area contributed by atoms with Crippen LogP contribution in [-0.4, -0.2) is 12.6 Å². The normalized spacial score (nSPS) is 19.2. The molecule has 1 aromatic rings. The molecule has 0 saturated heterocycles. The SMILES string of the molecule is CCOC(=O)C1=CCC(C#N)(C#N)[C@@H]1c1ccc(Cl)cc1. The second-order valence-corrected chi connectivity index (χ2v) is 5.20. The molecule has 0 fully saturated rings. The molecule has 0 heterocycles. The molecule has 1 aromatic carbocycles. The van der Waals surface area contributed by atoms with Crippen molar-refractivity contribution in [2.24, 2.45) is 5.41 Å². The van der Waals surface area contributed by atoms with Crippen LogP contribution in [0.3, 0.4) is 0 Å². The fourth-order valence-electron chi connectivity index (χ4n) is 2.55. The van der Waals surface area contributed by atoms with Gasteiger partial charge in [0.05, 0.1) is 18.7 Å². The molecule has 1 aliphatic carbocycles. The maximum Gasteiger partial charge on any atom is 0.334 e. The van der Waals surface area contributed by atoms with Crippen LogP contribution in [0.2, 0.25) is 5.02 Å². The summed E-state index contributed by atoms with van der Waals surface area (Å²) in [7, 11) is 0. The monoisotopic (exact) mass is 300 g/mol. The summed E-state index contributed by atoms with van der Waals surface area (Å²) in [6, 6.07) is 10.9. The Hall–Kier alpha value is -2.30. The Morgan fingerprint density at radius 2 is 2.00 bits per heavy atom. The maximum atomic E-state index is 12.1. The average molecular weight is 301 g/mol. The van der Waals surface area contributed by atoms with Gasteiger partial charge in [-0.15, -0.1) is 0 Å². The van der Waals surface area contributed by atoms with Gasteiger partial charge in [-0.25, -0.2) is 4.79 Å². The maximum absolute atomic E-state index is 12.1. The van der Waals surface area contributed by atoms with E-state index in [1.54, 1.807) is 37.3 Å². The van der Waals surface area contributed by atoms with Crippen molar-refractivity contribution in [1.82, 2.24) is 0 Å². The van der Waals surface area contributed by atoms with Crippen LogP contribution in [-0.2, 0) is 9.53 Å². The Morgan fingerprint density at radius 3 is 2.52 bits per heavy atom. The van der Waals surface area contributed by atoms with E-state index >= 15 is 0 Å². The van der Waals surface area contributed by atoms with E-state index in [0.29, 0.717) is 16.2 Å². The molecule has 0 amide bonds. The van der Waals surface area contributed by atoms with E-state index in [-0.39, 0.29) is 13.0 Å². The minimum Gasteiger partial charge on any atom is -0.463 e. The molecule has 4 nitrogen and oxygen atoms in total. The van der Waals surface area contributed by atoms with Gasteiger partial charge in [0.25, 0.3) is 0 Å². The van der Waals surface area contributed by atoms with Crippen molar-refractivity contribution in [3.63, 3.8) is 0 Å². The second kappa shape index (κ2) is 5.99. The fourth-order valence-corrected chi connectivity index (χ4v) is 2.68. The number of esters is 1. The lowest BCUT2D eigenvalue weighted by Crippen LogP contribution is -2.25. The number of ether oxygens (including phenoxy) is 1. The van der Waals surface area contributed by atoms with Crippen molar-refractivity contribution in [2.45, 2.75) is 19.3 Å². The zero-order valence-corrected chi connectivity index (χ0v) is 12.2. The Morgan fingerprint density at radius 1 is 1.38 bits per heavy atom. The van der Waals surface area contributed by atoms with Crippen LogP contribution in [0.15, 0.2) is 35.9 Å². The van der Waals surface area contributed by atoms with Crippen LogP contribution >= 0.6 is 11.6 Å². The minimum absolute atomic E-state index is 0.210. The predicted molar refractivity (Wildman–Crippen MR) is 77.2 cm³/mol. The van der Waals surface area contributed by atoms with Crippen molar-refractivity contribution in [1.29, 1.82) is 10.5 Å². The van der Waals surface area contributed by atoms with E-state index in [1.807, 2.05) is 0 Å². The first-order valence-electron chi connectivity index (χ1n) is 6.53. The van der Waals surface area contributed by atoms with Crippen molar-refractivity contribution in [2.75, 3.05) is 6.61 Å². The Balaban J connectivity index is 2.49. The van der Waals surface area contributed by atoms with Gasteiger partial charge < -0.3 is 4.74 Å². The van der Waals surface area contributed by atoms with E-state index < -0.39 is 17.3 Å². The number of nitriles is 2. The van der Waals surface area contributed by atoms with Crippen molar-refractivity contribution in [3.05, 3.63) is 46.5 Å². The number of carbonyl (C=O) groups is 1. The number of hydrogen-bond acceptors (Lipinski definition) is 4. The first-order valence-corrected chi connectivity index (χ1v) is 6.91. The van der Waals surface area contributed by atoms with Crippen LogP contribution in [0, 0.1) is 28.1 Å². The van der Waals surface area contributed by atoms with Gasteiger partial charge in [-0.1, -0.05) is 29.8 Å². The molecule has 0 N–H and O–H groups in total. The minimum atomic E-state index is -1.28. The zero-order chi connectivity index (χ0) is 15.5. The fraction of sp³-hybridized carbons (Fsp3) is 0.312. The zero-order valence-electron chi connectivity index (χ0n) is 11.5. The standard InChI is InChI=1S/C16H13ClN2O2/c1-2-21-15(20)13-7-8-16(9-18,10-19)14(13)11-3-5-12(17)6-4-11/h3-7,14H,2,8H2,1H3/t14-/m1/s1. The number of benzene rings is 1. The van der Waals surface area contributed by atoms with Gasteiger partial charge in [-0.2, -0.15) is 10.5 Å². The number of halogens is 1. The average Bonchev–Trinajstić information content (AvgIpc) is 2.88. The summed E-state index contributed by atoms with van der Waals surface area (Å²) in [6.07, 6.45) is 1.84. The highest BCUT2D eigenvalue weighted by molar-refractivity contribution is 6.30. The van der Waals surface area contributed by atoms with Gasteiger partial charge in [-0.3, -0.25) is 0 Å². The topological polar surface area (TPSA) is 73.9 Å². The summed E-state index contributed by atoms with van der Waals surface area (Å²) in [6.45, 7) is 1.96. The lowest BCUT2D eigenvalue weighted by Gasteiger charge is -2.24. The molecule has 5 heteroatoms. The van der Waals surface area contributed by atoms with Crippen LogP contribution in [0.1, 0.15) is 24.8 Å². The molecule has 0 aliphatic heterocycles. The van der Waals surface area contributed by atoms with Crippen LogP contribution in [0.4, 0.5) is 0 Å². The summed E-state index contributed by atoms with van der Waals surface area (Å²) in [5.41, 5.74) is -0.211. The van der Waals surface area contributed by atoms with E-state index in [4.69, 9.17) is 16.3 Å². The molecule has 0 saturated carbocycles. The number of rotatable bonds is 3. The molecule has 0 aromatic heterocycles. The van der Waals surface area contributed by atoms with Crippen LogP contribution in [0.25, 0.3) is 0 Å². The van der Waals surface area contributed by atoms with Crippen molar-refractivity contribution >= 4 is 17.6 Å². The first kappa shape index (κ1) is 15.1. The van der Waals surface area contributed by atoms with E-state index in [1.165, 1.54) is 0 Å². The molecule has 1 atom stereocenters. The summed E-state index contributed by atoms with van der Waals surface area (Å²) in [4.78, 5) is 12.1. The molecule has 1 aliphatic rings. The third kappa shape index (κ3) is 2.63. The summed E-state index contributed by atoms with van der Waals surface area (Å²) in [5.74, 6) is -1.10.